The number of allylic oxidation sites excluding steroid dienone is 1. The Bertz CT molecular complexity index is 1720. The normalized spacial score (nSPS) is 18.6. The second-order valence-electron chi connectivity index (χ2n) is 11.3. The standard InChI is InChI=1S/C34H34BrN5O4/c1-23(6-4-5-18-38-22-27(17-19-41)36-37-38)34(44)29-20-26(35)12-15-31(29)39(33(34)43)21-24-9-13-28(14-10-24)40-30-8-3-2-7-25(30)11-16-32(40)42/h2-4,6-10,12-15,20,22-23,41,44H,5,11,16-19,21H2,1H3/b6-4+/t23-,34+/m1/s1. The fraction of sp³-hybridized carbons (Fsp3) is 0.294. The fourth-order valence-electron chi connectivity index (χ4n) is 6.04. The monoisotopic (exact) mass is 655 g/mol. The highest BCUT2D eigenvalue weighted by Crippen LogP contribution is 2.47. The molecule has 0 unspecified atom stereocenters. The van der Waals surface area contributed by atoms with E-state index in [1.807, 2.05) is 85.9 Å². The summed E-state index contributed by atoms with van der Waals surface area (Å²) in [6.45, 7) is 2.74. The predicted octanol–water partition coefficient (Wildman–Crippen LogP) is 5.20. The Labute approximate surface area is 264 Å². The van der Waals surface area contributed by atoms with Gasteiger partial charge in [0.25, 0.3) is 5.91 Å². The summed E-state index contributed by atoms with van der Waals surface area (Å²) in [6, 6.07) is 21.2. The van der Waals surface area contributed by atoms with Gasteiger partial charge in [0.2, 0.25) is 5.91 Å². The number of amides is 2. The van der Waals surface area contributed by atoms with Crippen molar-refractivity contribution in [2.75, 3.05) is 16.4 Å². The van der Waals surface area contributed by atoms with Crippen molar-refractivity contribution in [3.63, 3.8) is 0 Å². The number of aromatic nitrogens is 3. The van der Waals surface area contributed by atoms with Gasteiger partial charge in [-0.3, -0.25) is 19.2 Å². The first-order valence-electron chi connectivity index (χ1n) is 14.8. The van der Waals surface area contributed by atoms with Crippen LogP contribution in [0.25, 0.3) is 0 Å². The van der Waals surface area contributed by atoms with Crippen molar-refractivity contribution in [1.29, 1.82) is 0 Å². The summed E-state index contributed by atoms with van der Waals surface area (Å²) < 4.78 is 2.50. The third-order valence-corrected chi connectivity index (χ3v) is 8.91. The summed E-state index contributed by atoms with van der Waals surface area (Å²) in [5.74, 6) is -0.816. The van der Waals surface area contributed by atoms with E-state index >= 15 is 0 Å². The van der Waals surface area contributed by atoms with Gasteiger partial charge in [0.1, 0.15) is 0 Å². The third kappa shape index (κ3) is 5.60. The number of nitrogens with zero attached hydrogens (tertiary/aromatic N) is 5. The molecular formula is C34H34BrN5O4. The number of hydrogen-bond donors (Lipinski definition) is 2. The van der Waals surface area contributed by atoms with E-state index in [2.05, 4.69) is 32.3 Å². The number of fused-ring (bicyclic) bond motifs is 2. The summed E-state index contributed by atoms with van der Waals surface area (Å²) in [5, 5.41) is 29.2. The summed E-state index contributed by atoms with van der Waals surface area (Å²) in [6.07, 6.45) is 7.93. The van der Waals surface area contributed by atoms with E-state index in [-0.39, 0.29) is 25.0 Å². The summed E-state index contributed by atoms with van der Waals surface area (Å²) in [4.78, 5) is 30.3. The maximum Gasteiger partial charge on any atom is 0.264 e. The van der Waals surface area contributed by atoms with Gasteiger partial charge in [-0.15, -0.1) is 5.10 Å². The second-order valence-corrected chi connectivity index (χ2v) is 12.2. The van der Waals surface area contributed by atoms with Gasteiger partial charge in [0.05, 0.1) is 23.6 Å². The molecule has 1 aromatic heterocycles. The van der Waals surface area contributed by atoms with Gasteiger partial charge < -0.3 is 15.1 Å². The van der Waals surface area contributed by atoms with Crippen LogP contribution in [0.1, 0.15) is 42.1 Å². The minimum absolute atomic E-state index is 0.0251. The molecule has 0 radical (unpaired) electrons. The molecule has 226 valence electrons. The zero-order valence-corrected chi connectivity index (χ0v) is 26.0. The number of carbonyl (C=O) groups is 2. The largest absolute Gasteiger partial charge is 0.396 e. The first-order valence-corrected chi connectivity index (χ1v) is 15.6. The molecule has 0 bridgehead atoms. The first-order chi connectivity index (χ1) is 21.3. The van der Waals surface area contributed by atoms with Crippen LogP contribution in [0, 0.1) is 5.92 Å². The SMILES string of the molecule is C[C@H](/C=C/CCn1cc(CCO)nn1)[C@@]1(O)C(=O)N(Cc2ccc(N3C(=O)CCc4ccccc43)cc2)c2ccc(Br)cc21. The third-order valence-electron chi connectivity index (χ3n) is 8.42. The fourth-order valence-corrected chi connectivity index (χ4v) is 6.40. The molecule has 9 nitrogen and oxygen atoms in total. The van der Waals surface area contributed by atoms with Crippen molar-refractivity contribution >= 4 is 44.8 Å². The van der Waals surface area contributed by atoms with Crippen molar-refractivity contribution in [3.05, 3.63) is 112 Å². The molecule has 0 fully saturated rings. The quantitative estimate of drug-likeness (QED) is 0.227. The highest BCUT2D eigenvalue weighted by atomic mass is 79.9. The molecule has 2 aliphatic rings. The van der Waals surface area contributed by atoms with Gasteiger partial charge in [0.15, 0.2) is 5.60 Å². The van der Waals surface area contributed by atoms with Gasteiger partial charge in [-0.05, 0) is 60.4 Å². The van der Waals surface area contributed by atoms with Crippen LogP contribution >= 0.6 is 15.9 Å². The van der Waals surface area contributed by atoms with E-state index in [0.29, 0.717) is 37.1 Å². The highest BCUT2D eigenvalue weighted by molar-refractivity contribution is 9.10. The maximum atomic E-state index is 14.0. The molecule has 4 aromatic rings. The van der Waals surface area contributed by atoms with Gasteiger partial charge in [-0.25, -0.2) is 0 Å². The zero-order valence-electron chi connectivity index (χ0n) is 24.4. The maximum absolute atomic E-state index is 14.0. The number of para-hydroxylation sites is 1. The van der Waals surface area contributed by atoms with Crippen molar-refractivity contribution in [1.82, 2.24) is 15.0 Å². The Morgan fingerprint density at radius 2 is 1.84 bits per heavy atom. The Morgan fingerprint density at radius 3 is 2.64 bits per heavy atom. The number of aryl methyl sites for hydroxylation is 2. The number of anilines is 3. The molecule has 2 aliphatic heterocycles. The topological polar surface area (TPSA) is 112 Å². The van der Waals surface area contributed by atoms with Crippen LogP contribution in [-0.2, 0) is 41.1 Å². The molecule has 3 aromatic carbocycles. The molecule has 0 saturated carbocycles. The van der Waals surface area contributed by atoms with Crippen LogP contribution in [0.2, 0.25) is 0 Å². The number of aliphatic hydroxyl groups excluding tert-OH is 1. The lowest BCUT2D eigenvalue weighted by Gasteiger charge is -2.30. The molecule has 3 heterocycles. The lowest BCUT2D eigenvalue weighted by atomic mass is 9.83. The number of halogens is 1. The van der Waals surface area contributed by atoms with E-state index in [0.717, 1.165) is 39.1 Å². The van der Waals surface area contributed by atoms with Crippen molar-refractivity contribution in [2.45, 2.75) is 51.3 Å². The van der Waals surface area contributed by atoms with Gasteiger partial charge >= 0.3 is 0 Å². The molecular weight excluding hydrogens is 622 g/mol. The summed E-state index contributed by atoms with van der Waals surface area (Å²) in [5.41, 5.74) is 3.96. The van der Waals surface area contributed by atoms with Crippen LogP contribution in [0.4, 0.5) is 17.1 Å². The van der Waals surface area contributed by atoms with E-state index in [1.165, 1.54) is 0 Å². The van der Waals surface area contributed by atoms with Crippen LogP contribution in [0.3, 0.4) is 0 Å². The number of benzene rings is 3. The molecule has 2 amide bonds. The van der Waals surface area contributed by atoms with Crippen LogP contribution in [-0.4, -0.2) is 43.6 Å². The highest BCUT2D eigenvalue weighted by Gasteiger charge is 2.52. The zero-order chi connectivity index (χ0) is 30.8. The van der Waals surface area contributed by atoms with E-state index < -0.39 is 11.5 Å². The minimum Gasteiger partial charge on any atom is -0.396 e. The average molecular weight is 657 g/mol. The van der Waals surface area contributed by atoms with Gasteiger partial charge in [-0.2, -0.15) is 0 Å². The van der Waals surface area contributed by atoms with Crippen molar-refractivity contribution in [3.8, 4) is 0 Å². The molecule has 0 saturated heterocycles. The lowest BCUT2D eigenvalue weighted by molar-refractivity contribution is -0.139. The average Bonchev–Trinajstić information content (AvgIpc) is 3.56. The number of carbonyl (C=O) groups excluding carboxylic acids is 2. The molecule has 44 heavy (non-hydrogen) atoms. The summed E-state index contributed by atoms with van der Waals surface area (Å²) in [7, 11) is 0. The Balaban J connectivity index is 1.19. The molecule has 2 N–H and O–H groups in total. The molecule has 0 spiro atoms. The van der Waals surface area contributed by atoms with Crippen LogP contribution in [0.15, 0.2) is 89.6 Å². The number of aliphatic hydroxyl groups is 2. The Kier molecular flexibility index (Phi) is 8.48. The van der Waals surface area contributed by atoms with E-state index in [1.54, 1.807) is 14.5 Å². The smallest absolute Gasteiger partial charge is 0.264 e. The second kappa shape index (κ2) is 12.5. The first kappa shape index (κ1) is 29.9. The Morgan fingerprint density at radius 1 is 1.05 bits per heavy atom. The minimum atomic E-state index is -1.74. The number of hydrogen-bond acceptors (Lipinski definition) is 6. The predicted molar refractivity (Wildman–Crippen MR) is 171 cm³/mol. The van der Waals surface area contributed by atoms with Crippen LogP contribution < -0.4 is 9.80 Å². The van der Waals surface area contributed by atoms with Gasteiger partial charge in [-0.1, -0.05) is 70.6 Å². The van der Waals surface area contributed by atoms with Crippen molar-refractivity contribution < 1.29 is 19.8 Å². The van der Waals surface area contributed by atoms with Gasteiger partial charge in [0, 0.05) is 53.8 Å². The molecule has 0 aliphatic carbocycles. The van der Waals surface area contributed by atoms with Crippen LogP contribution in [0.5, 0.6) is 0 Å². The van der Waals surface area contributed by atoms with Crippen molar-refractivity contribution in [2.24, 2.45) is 5.92 Å². The lowest BCUT2D eigenvalue weighted by Crippen LogP contribution is -2.44. The molecule has 6 rings (SSSR count). The Hall–Kier alpha value is -4.12. The molecule has 2 atom stereocenters. The molecule has 10 heteroatoms. The van der Waals surface area contributed by atoms with E-state index in [9.17, 15) is 14.7 Å². The van der Waals surface area contributed by atoms with E-state index in [4.69, 9.17) is 5.11 Å². The number of rotatable bonds is 10. The summed E-state index contributed by atoms with van der Waals surface area (Å²) >= 11 is 3.51.